The topological polar surface area (TPSA) is 64.8 Å². The number of rotatable bonds is 6. The van der Waals surface area contributed by atoms with Crippen molar-refractivity contribution in [1.29, 1.82) is 0 Å². The number of likely N-dealkylation sites (N-methyl/N-ethyl adjacent to an activating group) is 1. The number of hydrogen-bond acceptors (Lipinski definition) is 5. The van der Waals surface area contributed by atoms with E-state index in [0.717, 1.165) is 11.3 Å². The maximum absolute atomic E-state index is 12.5. The molecule has 6 heteroatoms. The first-order valence-electron chi connectivity index (χ1n) is 9.72. The molecule has 1 aliphatic rings. The minimum absolute atomic E-state index is 0.0162. The average Bonchev–Trinajstić information content (AvgIpc) is 3.21. The summed E-state index contributed by atoms with van der Waals surface area (Å²) in [4.78, 5) is 18.5. The Balaban J connectivity index is 1.28. The van der Waals surface area contributed by atoms with Gasteiger partial charge in [0.15, 0.2) is 29.3 Å². The highest BCUT2D eigenvalue weighted by Gasteiger charge is 2.23. The van der Waals surface area contributed by atoms with Crippen LogP contribution in [0.2, 0.25) is 0 Å². The van der Waals surface area contributed by atoms with Gasteiger partial charge in [-0.3, -0.25) is 4.79 Å². The van der Waals surface area contributed by atoms with Gasteiger partial charge in [0, 0.05) is 25.5 Å². The molecule has 0 aliphatic carbocycles. The summed E-state index contributed by atoms with van der Waals surface area (Å²) >= 11 is 0. The molecule has 3 aromatic rings. The number of ether oxygens (including phenoxy) is 2. The molecule has 6 nitrogen and oxygen atoms in total. The zero-order chi connectivity index (χ0) is 20.2. The van der Waals surface area contributed by atoms with Crippen molar-refractivity contribution in [2.45, 2.75) is 25.9 Å². The highest BCUT2D eigenvalue weighted by Crippen LogP contribution is 2.31. The predicted octanol–water partition coefficient (Wildman–Crippen LogP) is 3.88. The number of carbonyl (C=O) groups is 1. The van der Waals surface area contributed by atoms with E-state index >= 15 is 0 Å². The fraction of sp³-hybridized carbons (Fsp3) is 0.304. The summed E-state index contributed by atoms with van der Waals surface area (Å²) < 4.78 is 17.4. The number of carbonyl (C=O) groups excluding carboxylic acids is 1. The number of hydrogen-bond donors (Lipinski definition) is 0. The van der Waals surface area contributed by atoms with Crippen molar-refractivity contribution in [3.8, 4) is 22.8 Å². The van der Waals surface area contributed by atoms with E-state index in [2.05, 4.69) is 4.98 Å². The Labute approximate surface area is 170 Å². The van der Waals surface area contributed by atoms with Crippen molar-refractivity contribution in [2.24, 2.45) is 0 Å². The fourth-order valence-corrected chi connectivity index (χ4v) is 3.24. The minimum atomic E-state index is -0.186. The van der Waals surface area contributed by atoms with E-state index in [9.17, 15) is 4.79 Å². The normalized spacial score (nSPS) is 15.2. The van der Waals surface area contributed by atoms with E-state index in [-0.39, 0.29) is 12.0 Å². The Bertz CT molecular complexity index is 981. The van der Waals surface area contributed by atoms with Crippen LogP contribution in [0, 0.1) is 6.92 Å². The molecule has 0 N–H and O–H groups in total. The first-order valence-corrected chi connectivity index (χ1v) is 9.72. The molecular weight excluding hydrogens is 368 g/mol. The molecule has 29 heavy (non-hydrogen) atoms. The number of nitrogens with zero attached hydrogens (tertiary/aromatic N) is 2. The van der Waals surface area contributed by atoms with Crippen LogP contribution in [0.3, 0.4) is 0 Å². The molecule has 1 unspecified atom stereocenters. The van der Waals surface area contributed by atoms with E-state index in [1.165, 1.54) is 5.56 Å². The van der Waals surface area contributed by atoms with Crippen LogP contribution in [-0.4, -0.2) is 42.1 Å². The zero-order valence-corrected chi connectivity index (χ0v) is 16.6. The number of aromatic nitrogens is 1. The number of fused-ring (bicyclic) bond motifs is 1. The number of benzene rings is 2. The molecule has 0 saturated carbocycles. The molecule has 4 rings (SSSR count). The average molecular weight is 392 g/mol. The molecule has 2 aromatic carbocycles. The lowest BCUT2D eigenvalue weighted by Crippen LogP contribution is -2.41. The van der Waals surface area contributed by atoms with Crippen molar-refractivity contribution in [2.75, 3.05) is 20.2 Å². The summed E-state index contributed by atoms with van der Waals surface area (Å²) in [7, 11) is 1.78. The molecule has 1 atom stereocenters. The van der Waals surface area contributed by atoms with Crippen molar-refractivity contribution in [3.05, 3.63) is 66.2 Å². The first-order chi connectivity index (χ1) is 14.1. The van der Waals surface area contributed by atoms with E-state index in [1.807, 2.05) is 55.5 Å². The van der Waals surface area contributed by atoms with Crippen LogP contribution >= 0.6 is 0 Å². The van der Waals surface area contributed by atoms with Crippen LogP contribution in [0.25, 0.3) is 11.3 Å². The van der Waals surface area contributed by atoms with Crippen molar-refractivity contribution < 1.29 is 18.7 Å². The van der Waals surface area contributed by atoms with Gasteiger partial charge in [0.1, 0.15) is 6.61 Å². The lowest BCUT2D eigenvalue weighted by molar-refractivity contribution is -0.131. The standard InChI is InChI=1S/C23H24N2O4/c1-16-7-9-17(10-8-16)21-13-24-22(29-21)11-12-23(26)25(2)14-18-15-27-19-5-3-4-6-20(19)28-18/h3-10,13,18H,11-12,14-15H2,1-2H3. The van der Waals surface area contributed by atoms with Gasteiger partial charge in [0.25, 0.3) is 0 Å². The monoisotopic (exact) mass is 392 g/mol. The summed E-state index contributed by atoms with van der Waals surface area (Å²) in [6, 6.07) is 15.6. The van der Waals surface area contributed by atoms with Crippen LogP contribution in [-0.2, 0) is 11.2 Å². The summed E-state index contributed by atoms with van der Waals surface area (Å²) in [6.07, 6.45) is 2.31. The van der Waals surface area contributed by atoms with Crippen LogP contribution < -0.4 is 9.47 Å². The van der Waals surface area contributed by atoms with Gasteiger partial charge in [-0.2, -0.15) is 0 Å². The Hall–Kier alpha value is -3.28. The maximum Gasteiger partial charge on any atom is 0.222 e. The molecule has 0 spiro atoms. The lowest BCUT2D eigenvalue weighted by Gasteiger charge is -2.29. The summed E-state index contributed by atoms with van der Waals surface area (Å²) in [5.74, 6) is 2.75. The van der Waals surface area contributed by atoms with Gasteiger partial charge in [0.2, 0.25) is 5.91 Å². The molecule has 0 radical (unpaired) electrons. The molecule has 0 saturated heterocycles. The summed E-state index contributed by atoms with van der Waals surface area (Å²) in [5.41, 5.74) is 2.17. The van der Waals surface area contributed by atoms with Crippen molar-refractivity contribution in [3.63, 3.8) is 0 Å². The number of amides is 1. The third kappa shape index (κ3) is 4.59. The molecule has 0 fully saturated rings. The molecule has 0 bridgehead atoms. The van der Waals surface area contributed by atoms with Crippen LogP contribution in [0.5, 0.6) is 11.5 Å². The van der Waals surface area contributed by atoms with Gasteiger partial charge < -0.3 is 18.8 Å². The maximum atomic E-state index is 12.5. The van der Waals surface area contributed by atoms with E-state index < -0.39 is 0 Å². The Morgan fingerprint density at radius 1 is 1.14 bits per heavy atom. The summed E-state index contributed by atoms with van der Waals surface area (Å²) in [5, 5.41) is 0. The Morgan fingerprint density at radius 2 is 1.90 bits per heavy atom. The second-order valence-electron chi connectivity index (χ2n) is 7.26. The van der Waals surface area contributed by atoms with Crippen LogP contribution in [0.1, 0.15) is 17.9 Å². The SMILES string of the molecule is Cc1ccc(-c2cnc(CCC(=O)N(C)CC3COc4ccccc4O3)o2)cc1. The van der Waals surface area contributed by atoms with Crippen LogP contribution in [0.4, 0.5) is 0 Å². The van der Waals surface area contributed by atoms with E-state index in [1.54, 1.807) is 18.1 Å². The van der Waals surface area contributed by atoms with Crippen molar-refractivity contribution >= 4 is 5.91 Å². The fourth-order valence-electron chi connectivity index (χ4n) is 3.24. The molecule has 150 valence electrons. The Morgan fingerprint density at radius 3 is 2.69 bits per heavy atom. The zero-order valence-electron chi connectivity index (χ0n) is 16.6. The molecule has 1 aliphatic heterocycles. The number of oxazole rings is 1. The van der Waals surface area contributed by atoms with Crippen LogP contribution in [0.15, 0.2) is 59.1 Å². The molecule has 2 heterocycles. The van der Waals surface area contributed by atoms with Gasteiger partial charge in [-0.05, 0) is 19.1 Å². The predicted molar refractivity (Wildman–Crippen MR) is 109 cm³/mol. The third-order valence-corrected chi connectivity index (χ3v) is 4.91. The minimum Gasteiger partial charge on any atom is -0.486 e. The van der Waals surface area contributed by atoms with Crippen molar-refractivity contribution in [1.82, 2.24) is 9.88 Å². The van der Waals surface area contributed by atoms with Gasteiger partial charge in [0.05, 0.1) is 12.7 Å². The highest BCUT2D eigenvalue weighted by atomic mass is 16.6. The second kappa shape index (κ2) is 8.39. The van der Waals surface area contributed by atoms with Gasteiger partial charge in [-0.15, -0.1) is 0 Å². The molecule has 1 aromatic heterocycles. The smallest absolute Gasteiger partial charge is 0.222 e. The van der Waals surface area contributed by atoms with Gasteiger partial charge >= 0.3 is 0 Å². The van der Waals surface area contributed by atoms with Gasteiger partial charge in [-0.1, -0.05) is 42.0 Å². The number of aryl methyl sites for hydroxylation is 2. The summed E-state index contributed by atoms with van der Waals surface area (Å²) in [6.45, 7) is 2.93. The third-order valence-electron chi connectivity index (χ3n) is 4.91. The Kier molecular flexibility index (Phi) is 5.51. The molecular formula is C23H24N2O4. The van der Waals surface area contributed by atoms with E-state index in [0.29, 0.717) is 43.4 Å². The first kappa shape index (κ1) is 19.1. The highest BCUT2D eigenvalue weighted by molar-refractivity contribution is 5.76. The largest absolute Gasteiger partial charge is 0.486 e. The van der Waals surface area contributed by atoms with E-state index in [4.69, 9.17) is 13.9 Å². The van der Waals surface area contributed by atoms with Gasteiger partial charge in [-0.25, -0.2) is 4.98 Å². The quantitative estimate of drug-likeness (QED) is 0.637. The number of para-hydroxylation sites is 2. The second-order valence-corrected chi connectivity index (χ2v) is 7.26. The lowest BCUT2D eigenvalue weighted by atomic mass is 10.1. The molecule has 1 amide bonds.